The minimum absolute atomic E-state index is 0.248. The first-order valence-electron chi connectivity index (χ1n) is 27.0. The molecule has 1 spiro atoms. The predicted octanol–water partition coefficient (Wildman–Crippen LogP) is 19.1. The number of fused-ring (bicyclic) bond motifs is 16. The lowest BCUT2D eigenvalue weighted by Crippen LogP contribution is -2.32. The van der Waals surface area contributed by atoms with Gasteiger partial charge in [0, 0.05) is 33.5 Å². The monoisotopic (exact) mass is 981 g/mol. The van der Waals surface area contributed by atoms with Gasteiger partial charge in [-0.25, -0.2) is 0 Å². The Hall–Kier alpha value is -9.50. The standard InChI is InChI=1S/C75H51NO/c1-73(2)66-44-49-22-10-9-21-48(49)43-61(66)60-41-39-53(46-67(60)73)76(54-38-40-59-58-30-11-15-31-62(58)74(68(59)47-54,51-23-5-3-6-24-51)52-25-7-4-8-26-52)70-35-19-14-27-55(70)50-37-42-72-69(45-50)75(65-34-18-20-36-71(65)77-72)63-32-16-12-28-56(63)57-29-13-17-33-64(57)75/h3-47H,1-2H3. The van der Waals surface area contributed by atoms with Crippen LogP contribution in [0.3, 0.4) is 0 Å². The summed E-state index contributed by atoms with van der Waals surface area (Å²) >= 11 is 0. The summed E-state index contributed by atoms with van der Waals surface area (Å²) in [5.41, 5.74) is 24.3. The van der Waals surface area contributed by atoms with Gasteiger partial charge in [0.1, 0.15) is 11.5 Å². The molecular weight excluding hydrogens is 931 g/mol. The highest BCUT2D eigenvalue weighted by atomic mass is 16.5. The fraction of sp³-hybridized carbons (Fsp3) is 0.0667. The summed E-state index contributed by atoms with van der Waals surface area (Å²) in [4.78, 5) is 2.54. The molecule has 1 aliphatic heterocycles. The van der Waals surface area contributed by atoms with E-state index in [0.717, 1.165) is 50.8 Å². The van der Waals surface area contributed by atoms with E-state index in [1.807, 2.05) is 0 Å². The van der Waals surface area contributed by atoms with E-state index in [4.69, 9.17) is 4.74 Å². The maximum Gasteiger partial charge on any atom is 0.132 e. The highest BCUT2D eigenvalue weighted by Crippen LogP contribution is 2.63. The molecule has 12 aromatic rings. The number of hydrogen-bond acceptors (Lipinski definition) is 2. The third-order valence-electron chi connectivity index (χ3n) is 17.8. The highest BCUT2D eigenvalue weighted by Gasteiger charge is 2.51. The van der Waals surface area contributed by atoms with Crippen molar-refractivity contribution in [1.82, 2.24) is 0 Å². The van der Waals surface area contributed by atoms with Crippen LogP contribution in [0.4, 0.5) is 17.1 Å². The van der Waals surface area contributed by atoms with Gasteiger partial charge in [-0.1, -0.05) is 226 Å². The van der Waals surface area contributed by atoms with Gasteiger partial charge >= 0.3 is 0 Å². The van der Waals surface area contributed by atoms with Crippen LogP contribution in [0.5, 0.6) is 11.5 Å². The van der Waals surface area contributed by atoms with Crippen molar-refractivity contribution in [1.29, 1.82) is 0 Å². The van der Waals surface area contributed by atoms with Crippen molar-refractivity contribution < 1.29 is 4.74 Å². The Labute approximate surface area is 449 Å². The van der Waals surface area contributed by atoms with E-state index in [1.165, 1.54) is 88.7 Å². The normalized spacial score (nSPS) is 14.8. The van der Waals surface area contributed by atoms with Gasteiger partial charge in [-0.15, -0.1) is 0 Å². The molecule has 2 heteroatoms. The number of ether oxygens (including phenoxy) is 1. The lowest BCUT2D eigenvalue weighted by Gasteiger charge is -2.39. The molecular formula is C75H51NO. The van der Waals surface area contributed by atoms with Crippen molar-refractivity contribution in [2.75, 3.05) is 4.90 Å². The van der Waals surface area contributed by atoms with Gasteiger partial charge in [0.05, 0.1) is 16.5 Å². The van der Waals surface area contributed by atoms with E-state index in [0.29, 0.717) is 0 Å². The number of anilines is 3. The van der Waals surface area contributed by atoms with Gasteiger partial charge in [-0.2, -0.15) is 0 Å². The van der Waals surface area contributed by atoms with E-state index in [9.17, 15) is 0 Å². The van der Waals surface area contributed by atoms with Crippen LogP contribution in [0.15, 0.2) is 273 Å². The summed E-state index contributed by atoms with van der Waals surface area (Å²) in [7, 11) is 0. The quantitative estimate of drug-likeness (QED) is 0.165. The summed E-state index contributed by atoms with van der Waals surface area (Å²) in [5, 5.41) is 2.53. The molecule has 362 valence electrons. The molecule has 3 aliphatic carbocycles. The molecule has 77 heavy (non-hydrogen) atoms. The summed E-state index contributed by atoms with van der Waals surface area (Å²) in [6, 6.07) is 102. The average molecular weight is 982 g/mol. The SMILES string of the molecule is CC1(C)c2cc(N(c3ccc4c(c3)C(c3ccccc3)(c3ccccc3)c3ccccc3-4)c3ccccc3-c3ccc4c(c3)C3(c5ccccc5O4)c4ccccc4-c4ccccc43)ccc2-c2cc3ccccc3cc21. The molecule has 0 atom stereocenters. The van der Waals surface area contributed by atoms with E-state index < -0.39 is 10.8 Å². The van der Waals surface area contributed by atoms with Crippen LogP contribution in [-0.4, -0.2) is 0 Å². The topological polar surface area (TPSA) is 12.5 Å². The van der Waals surface area contributed by atoms with Gasteiger partial charge in [-0.3, -0.25) is 0 Å². The van der Waals surface area contributed by atoms with Crippen molar-refractivity contribution in [3.05, 3.63) is 329 Å². The molecule has 0 saturated heterocycles. The smallest absolute Gasteiger partial charge is 0.132 e. The van der Waals surface area contributed by atoms with Crippen LogP contribution < -0.4 is 9.64 Å². The van der Waals surface area contributed by atoms with Gasteiger partial charge in [0.2, 0.25) is 0 Å². The highest BCUT2D eigenvalue weighted by molar-refractivity contribution is 5.97. The fourth-order valence-corrected chi connectivity index (χ4v) is 14.5. The Bertz CT molecular complexity index is 4330. The van der Waals surface area contributed by atoms with Crippen molar-refractivity contribution in [3.63, 3.8) is 0 Å². The van der Waals surface area contributed by atoms with Crippen LogP contribution in [0.25, 0.3) is 55.3 Å². The van der Waals surface area contributed by atoms with Crippen LogP contribution in [0.1, 0.15) is 69.5 Å². The van der Waals surface area contributed by atoms with Crippen molar-refractivity contribution in [2.24, 2.45) is 0 Å². The molecule has 12 aromatic carbocycles. The van der Waals surface area contributed by atoms with E-state index in [1.54, 1.807) is 0 Å². The fourth-order valence-electron chi connectivity index (χ4n) is 14.5. The molecule has 0 N–H and O–H groups in total. The van der Waals surface area contributed by atoms with Crippen molar-refractivity contribution in [2.45, 2.75) is 30.1 Å². The van der Waals surface area contributed by atoms with Gasteiger partial charge in [0.15, 0.2) is 0 Å². The second-order valence-corrected chi connectivity index (χ2v) is 21.9. The van der Waals surface area contributed by atoms with Crippen molar-refractivity contribution in [3.8, 4) is 56.0 Å². The maximum absolute atomic E-state index is 6.97. The molecule has 2 nitrogen and oxygen atoms in total. The molecule has 4 aliphatic rings. The second kappa shape index (κ2) is 16.3. The van der Waals surface area contributed by atoms with Gasteiger partial charge in [0.25, 0.3) is 0 Å². The third-order valence-corrected chi connectivity index (χ3v) is 17.8. The molecule has 0 unspecified atom stereocenters. The number of para-hydroxylation sites is 2. The summed E-state index contributed by atoms with van der Waals surface area (Å²) in [6.07, 6.45) is 0. The van der Waals surface area contributed by atoms with Crippen LogP contribution in [-0.2, 0) is 16.2 Å². The lowest BCUT2D eigenvalue weighted by atomic mass is 9.65. The number of benzene rings is 12. The third kappa shape index (κ3) is 5.96. The molecule has 1 heterocycles. The first-order chi connectivity index (χ1) is 37.9. The Kier molecular flexibility index (Phi) is 9.26. The minimum atomic E-state index is -0.597. The van der Waals surface area contributed by atoms with Crippen LogP contribution >= 0.6 is 0 Å². The second-order valence-electron chi connectivity index (χ2n) is 21.9. The first kappa shape index (κ1) is 43.9. The van der Waals surface area contributed by atoms with Crippen LogP contribution in [0.2, 0.25) is 0 Å². The molecule has 0 amide bonds. The Balaban J connectivity index is 0.950. The largest absolute Gasteiger partial charge is 0.457 e. The first-order valence-corrected chi connectivity index (χ1v) is 27.0. The number of nitrogens with zero attached hydrogens (tertiary/aromatic N) is 1. The zero-order valence-electron chi connectivity index (χ0n) is 42.8. The predicted molar refractivity (Wildman–Crippen MR) is 316 cm³/mol. The minimum Gasteiger partial charge on any atom is -0.457 e. The number of rotatable bonds is 6. The molecule has 0 bridgehead atoms. The zero-order valence-corrected chi connectivity index (χ0v) is 42.8. The summed E-state index contributed by atoms with van der Waals surface area (Å²) < 4.78 is 6.97. The van der Waals surface area contributed by atoms with E-state index in [2.05, 4.69) is 292 Å². The Morgan fingerprint density at radius 1 is 0.286 bits per heavy atom. The Morgan fingerprint density at radius 2 is 0.740 bits per heavy atom. The maximum atomic E-state index is 6.97. The Morgan fingerprint density at radius 3 is 1.38 bits per heavy atom. The van der Waals surface area contributed by atoms with E-state index >= 15 is 0 Å². The molecule has 0 saturated carbocycles. The molecule has 16 rings (SSSR count). The van der Waals surface area contributed by atoms with Gasteiger partial charge in [-0.05, 0) is 155 Å². The van der Waals surface area contributed by atoms with E-state index in [-0.39, 0.29) is 5.41 Å². The molecule has 0 fully saturated rings. The van der Waals surface area contributed by atoms with Crippen molar-refractivity contribution >= 4 is 27.8 Å². The van der Waals surface area contributed by atoms with Gasteiger partial charge < -0.3 is 9.64 Å². The average Bonchev–Trinajstić information content (AvgIpc) is 4.05. The molecule has 0 radical (unpaired) electrons. The van der Waals surface area contributed by atoms with Crippen LogP contribution in [0, 0.1) is 0 Å². The lowest BCUT2D eigenvalue weighted by molar-refractivity contribution is 0.436. The summed E-state index contributed by atoms with van der Waals surface area (Å²) in [6.45, 7) is 4.80. The number of hydrogen-bond donors (Lipinski definition) is 0. The summed E-state index contributed by atoms with van der Waals surface area (Å²) in [5.74, 6) is 1.76. The molecule has 0 aromatic heterocycles. The zero-order chi connectivity index (χ0) is 51.0.